The quantitative estimate of drug-likeness (QED) is 0.656. The van der Waals surface area contributed by atoms with E-state index in [1.807, 2.05) is 6.92 Å². The lowest BCUT2D eigenvalue weighted by molar-refractivity contribution is -0.116. The summed E-state index contributed by atoms with van der Waals surface area (Å²) in [5, 5.41) is 13.0. The van der Waals surface area contributed by atoms with Gasteiger partial charge in [-0.25, -0.2) is 4.98 Å². The van der Waals surface area contributed by atoms with Crippen molar-refractivity contribution in [2.75, 3.05) is 5.32 Å². The third-order valence-electron chi connectivity index (χ3n) is 3.33. The van der Waals surface area contributed by atoms with Crippen LogP contribution in [0.2, 0.25) is 10.0 Å². The Hall–Kier alpha value is -1.96. The second-order valence-electron chi connectivity index (χ2n) is 5.15. The van der Waals surface area contributed by atoms with Gasteiger partial charge in [0.2, 0.25) is 11.0 Å². The van der Waals surface area contributed by atoms with E-state index in [-0.39, 0.29) is 12.3 Å². The Morgan fingerprint density at radius 2 is 2.16 bits per heavy atom. The number of benzene rings is 1. The van der Waals surface area contributed by atoms with Crippen LogP contribution in [-0.4, -0.2) is 21.1 Å². The molecular formula is C16H14Cl2N4O2S. The first-order valence-corrected chi connectivity index (χ1v) is 9.14. The minimum absolute atomic E-state index is 0.164. The van der Waals surface area contributed by atoms with E-state index in [0.717, 1.165) is 11.4 Å². The van der Waals surface area contributed by atoms with Crippen molar-refractivity contribution in [2.45, 2.75) is 26.2 Å². The van der Waals surface area contributed by atoms with Crippen LogP contribution in [0.4, 0.5) is 5.13 Å². The van der Waals surface area contributed by atoms with Crippen molar-refractivity contribution in [1.82, 2.24) is 15.2 Å². The van der Waals surface area contributed by atoms with Crippen molar-refractivity contribution in [3.8, 4) is 11.3 Å². The summed E-state index contributed by atoms with van der Waals surface area (Å²) in [6.45, 7) is 1.99. The summed E-state index contributed by atoms with van der Waals surface area (Å²) in [6, 6.07) is 5.13. The first-order chi connectivity index (χ1) is 12.0. The van der Waals surface area contributed by atoms with Gasteiger partial charge in [-0.3, -0.25) is 4.79 Å². The molecule has 1 N–H and O–H groups in total. The summed E-state index contributed by atoms with van der Waals surface area (Å²) in [4.78, 5) is 16.2. The number of aromatic nitrogens is 3. The number of aryl methyl sites for hydroxylation is 2. The van der Waals surface area contributed by atoms with Crippen molar-refractivity contribution in [3.63, 3.8) is 0 Å². The van der Waals surface area contributed by atoms with E-state index in [0.29, 0.717) is 38.8 Å². The van der Waals surface area contributed by atoms with Crippen molar-refractivity contribution < 1.29 is 9.21 Å². The largest absolute Gasteiger partial charge is 0.441 e. The molecule has 0 fully saturated rings. The van der Waals surface area contributed by atoms with E-state index in [2.05, 4.69) is 20.5 Å². The van der Waals surface area contributed by atoms with Crippen molar-refractivity contribution >= 4 is 45.6 Å². The number of nitrogens with zero attached hydrogens (tertiary/aromatic N) is 3. The van der Waals surface area contributed by atoms with Gasteiger partial charge in [0.25, 0.3) is 0 Å². The molecule has 3 aromatic rings. The monoisotopic (exact) mass is 396 g/mol. The molecule has 1 aromatic carbocycles. The lowest BCUT2D eigenvalue weighted by Crippen LogP contribution is -2.12. The number of hydrogen-bond donors (Lipinski definition) is 1. The standard InChI is InChI=1S/C16H14Cl2N4O2S/c1-2-15-21-22-16(25-15)20-13(23)5-6-14-19-8-12(24-14)10-4-3-9(17)7-11(10)18/h3-4,7-8H,2,5-6H2,1H3,(H,20,22,23). The predicted molar refractivity (Wildman–Crippen MR) is 98.2 cm³/mol. The molecule has 0 aliphatic carbocycles. The van der Waals surface area contributed by atoms with Gasteiger partial charge in [0, 0.05) is 23.4 Å². The number of carbonyl (C=O) groups excluding carboxylic acids is 1. The highest BCUT2D eigenvalue weighted by atomic mass is 35.5. The maximum absolute atomic E-state index is 12.0. The fourth-order valence-corrected chi connectivity index (χ4v) is 3.29. The van der Waals surface area contributed by atoms with E-state index < -0.39 is 0 Å². The normalized spacial score (nSPS) is 10.8. The zero-order valence-corrected chi connectivity index (χ0v) is 15.6. The zero-order chi connectivity index (χ0) is 17.8. The third kappa shape index (κ3) is 4.56. The van der Waals surface area contributed by atoms with Gasteiger partial charge < -0.3 is 9.73 Å². The molecule has 0 aliphatic rings. The highest BCUT2D eigenvalue weighted by Gasteiger charge is 2.13. The van der Waals surface area contributed by atoms with Gasteiger partial charge in [0.05, 0.1) is 11.2 Å². The molecule has 0 atom stereocenters. The molecule has 2 aromatic heterocycles. The molecule has 3 rings (SSSR count). The molecule has 0 spiro atoms. The van der Waals surface area contributed by atoms with Gasteiger partial charge in [-0.2, -0.15) is 0 Å². The molecule has 0 bridgehead atoms. The smallest absolute Gasteiger partial charge is 0.226 e. The van der Waals surface area contributed by atoms with Gasteiger partial charge >= 0.3 is 0 Å². The molecule has 0 radical (unpaired) electrons. The van der Waals surface area contributed by atoms with Crippen LogP contribution < -0.4 is 5.32 Å². The second kappa shape index (κ2) is 7.95. The second-order valence-corrected chi connectivity index (χ2v) is 7.05. The summed E-state index contributed by atoms with van der Waals surface area (Å²) in [5.41, 5.74) is 0.704. The number of hydrogen-bond acceptors (Lipinski definition) is 6. The summed E-state index contributed by atoms with van der Waals surface area (Å²) < 4.78 is 5.67. The summed E-state index contributed by atoms with van der Waals surface area (Å²) in [5.74, 6) is 0.833. The Kier molecular flexibility index (Phi) is 5.67. The van der Waals surface area contributed by atoms with Crippen LogP contribution in [0.1, 0.15) is 24.2 Å². The van der Waals surface area contributed by atoms with Crippen LogP contribution in [-0.2, 0) is 17.6 Å². The van der Waals surface area contributed by atoms with Crippen molar-refractivity contribution in [3.05, 3.63) is 45.3 Å². The van der Waals surface area contributed by atoms with Gasteiger partial charge in [0.15, 0.2) is 11.7 Å². The Morgan fingerprint density at radius 1 is 1.32 bits per heavy atom. The molecule has 9 heteroatoms. The maximum atomic E-state index is 12.0. The number of oxazole rings is 1. The van der Waals surface area contributed by atoms with Crippen LogP contribution in [0.25, 0.3) is 11.3 Å². The minimum atomic E-state index is -0.164. The van der Waals surface area contributed by atoms with E-state index in [4.69, 9.17) is 27.6 Å². The number of carbonyl (C=O) groups is 1. The Balaban J connectivity index is 1.58. The van der Waals surface area contributed by atoms with E-state index >= 15 is 0 Å². The van der Waals surface area contributed by atoms with Crippen LogP contribution in [0.3, 0.4) is 0 Å². The van der Waals surface area contributed by atoms with E-state index in [9.17, 15) is 4.79 Å². The number of halogens is 2. The molecule has 2 heterocycles. The zero-order valence-electron chi connectivity index (χ0n) is 13.3. The molecule has 0 unspecified atom stereocenters. The summed E-state index contributed by atoms with van der Waals surface area (Å²) >= 11 is 13.4. The molecule has 130 valence electrons. The summed E-state index contributed by atoms with van der Waals surface area (Å²) in [6.07, 6.45) is 2.98. The summed E-state index contributed by atoms with van der Waals surface area (Å²) in [7, 11) is 0. The van der Waals surface area contributed by atoms with Crippen LogP contribution in [0.5, 0.6) is 0 Å². The maximum Gasteiger partial charge on any atom is 0.226 e. The van der Waals surface area contributed by atoms with E-state index in [1.165, 1.54) is 11.3 Å². The van der Waals surface area contributed by atoms with Crippen LogP contribution in [0, 0.1) is 0 Å². The first-order valence-electron chi connectivity index (χ1n) is 7.57. The van der Waals surface area contributed by atoms with Crippen molar-refractivity contribution in [2.24, 2.45) is 0 Å². The highest BCUT2D eigenvalue weighted by Crippen LogP contribution is 2.30. The van der Waals surface area contributed by atoms with Crippen molar-refractivity contribution in [1.29, 1.82) is 0 Å². The molecular weight excluding hydrogens is 383 g/mol. The number of nitrogens with one attached hydrogen (secondary N) is 1. The molecule has 6 nitrogen and oxygen atoms in total. The average Bonchev–Trinajstić information content (AvgIpc) is 3.22. The number of rotatable bonds is 6. The number of anilines is 1. The Labute approximate surface area is 158 Å². The number of amides is 1. The van der Waals surface area contributed by atoms with Gasteiger partial charge in [-0.15, -0.1) is 10.2 Å². The fraction of sp³-hybridized carbons (Fsp3) is 0.250. The first kappa shape index (κ1) is 17.8. The Bertz CT molecular complexity index is 894. The van der Waals surface area contributed by atoms with Gasteiger partial charge in [0.1, 0.15) is 5.01 Å². The molecule has 0 saturated heterocycles. The molecule has 25 heavy (non-hydrogen) atoms. The van der Waals surface area contributed by atoms with Gasteiger partial charge in [-0.05, 0) is 24.6 Å². The van der Waals surface area contributed by atoms with Gasteiger partial charge in [-0.1, -0.05) is 41.5 Å². The predicted octanol–water partition coefficient (Wildman–Crippen LogP) is 4.63. The Morgan fingerprint density at radius 3 is 2.88 bits per heavy atom. The molecule has 0 saturated carbocycles. The molecule has 1 amide bonds. The average molecular weight is 397 g/mol. The third-order valence-corrected chi connectivity index (χ3v) is 4.86. The minimum Gasteiger partial charge on any atom is -0.441 e. The van der Waals surface area contributed by atoms with Crippen LogP contribution >= 0.6 is 34.5 Å². The fourth-order valence-electron chi connectivity index (χ4n) is 2.09. The highest BCUT2D eigenvalue weighted by molar-refractivity contribution is 7.15. The van der Waals surface area contributed by atoms with E-state index in [1.54, 1.807) is 24.4 Å². The topological polar surface area (TPSA) is 80.9 Å². The lowest BCUT2D eigenvalue weighted by atomic mass is 10.2. The lowest BCUT2D eigenvalue weighted by Gasteiger charge is -2.01. The van der Waals surface area contributed by atoms with Crippen LogP contribution in [0.15, 0.2) is 28.8 Å². The molecule has 0 aliphatic heterocycles. The SMILES string of the molecule is CCc1nnc(NC(=O)CCc2ncc(-c3ccc(Cl)cc3Cl)o2)s1.